The third-order valence-corrected chi connectivity index (χ3v) is 6.10. The van der Waals surface area contributed by atoms with Gasteiger partial charge >= 0.3 is 5.97 Å². The molecule has 0 bridgehead atoms. The van der Waals surface area contributed by atoms with Crippen LogP contribution in [0.5, 0.6) is 0 Å². The molecule has 0 aromatic heterocycles. The number of aliphatic carboxylic acids is 1. The SMILES string of the molecule is CC1=C(C)CC(C(=O)NC2CCN(Cc3ccccc3)CC2)C(C(=O)O)C1. The van der Waals surface area contributed by atoms with Gasteiger partial charge in [-0.15, -0.1) is 0 Å². The largest absolute Gasteiger partial charge is 0.481 e. The molecular formula is C22H30N2O3. The summed E-state index contributed by atoms with van der Waals surface area (Å²) in [6.45, 7) is 6.82. The fourth-order valence-electron chi connectivity index (χ4n) is 4.21. The molecule has 0 radical (unpaired) electrons. The molecule has 1 aliphatic heterocycles. The number of piperidine rings is 1. The van der Waals surface area contributed by atoms with Gasteiger partial charge in [-0.1, -0.05) is 41.5 Å². The van der Waals surface area contributed by atoms with Crippen molar-refractivity contribution in [2.45, 2.75) is 52.1 Å². The number of nitrogens with zero attached hydrogens (tertiary/aromatic N) is 1. The summed E-state index contributed by atoms with van der Waals surface area (Å²) >= 11 is 0. The molecule has 3 rings (SSSR count). The summed E-state index contributed by atoms with van der Waals surface area (Å²) < 4.78 is 0. The number of amides is 1. The Labute approximate surface area is 161 Å². The monoisotopic (exact) mass is 370 g/mol. The van der Waals surface area contributed by atoms with E-state index >= 15 is 0 Å². The van der Waals surface area contributed by atoms with Crippen LogP contribution in [0.1, 0.15) is 45.1 Å². The van der Waals surface area contributed by atoms with Crippen molar-refractivity contribution in [2.75, 3.05) is 13.1 Å². The number of likely N-dealkylation sites (tertiary alicyclic amines) is 1. The van der Waals surface area contributed by atoms with E-state index in [-0.39, 0.29) is 11.9 Å². The number of nitrogens with one attached hydrogen (secondary N) is 1. The van der Waals surface area contributed by atoms with Crippen LogP contribution >= 0.6 is 0 Å². The standard InChI is InChI=1S/C22H30N2O3/c1-15-12-19(20(22(26)27)13-16(15)2)21(25)23-18-8-10-24(11-9-18)14-17-6-4-3-5-7-17/h3-7,18-20H,8-14H2,1-2H3,(H,23,25)(H,26,27). The van der Waals surface area contributed by atoms with Gasteiger partial charge in [0.1, 0.15) is 0 Å². The number of carboxylic acids is 1. The molecule has 1 heterocycles. The molecule has 2 unspecified atom stereocenters. The summed E-state index contributed by atoms with van der Waals surface area (Å²) in [6, 6.07) is 10.6. The van der Waals surface area contributed by atoms with Gasteiger partial charge in [-0.2, -0.15) is 0 Å². The molecule has 1 amide bonds. The van der Waals surface area contributed by atoms with E-state index in [1.165, 1.54) is 5.56 Å². The van der Waals surface area contributed by atoms with Crippen LogP contribution in [0.25, 0.3) is 0 Å². The lowest BCUT2D eigenvalue weighted by atomic mass is 9.76. The minimum Gasteiger partial charge on any atom is -0.481 e. The number of carbonyl (C=O) groups is 2. The first kappa shape index (κ1) is 19.6. The second-order valence-corrected chi connectivity index (χ2v) is 8.06. The average molecular weight is 370 g/mol. The Morgan fingerprint density at radius 1 is 1.04 bits per heavy atom. The number of hydrogen-bond acceptors (Lipinski definition) is 3. The van der Waals surface area contributed by atoms with Gasteiger partial charge < -0.3 is 10.4 Å². The van der Waals surface area contributed by atoms with Gasteiger partial charge in [0.15, 0.2) is 0 Å². The molecule has 146 valence electrons. The van der Waals surface area contributed by atoms with Crippen molar-refractivity contribution in [3.05, 3.63) is 47.0 Å². The minimum absolute atomic E-state index is 0.0873. The lowest BCUT2D eigenvalue weighted by Crippen LogP contribution is -2.48. The van der Waals surface area contributed by atoms with E-state index < -0.39 is 17.8 Å². The molecule has 1 aliphatic carbocycles. The van der Waals surface area contributed by atoms with Gasteiger partial charge in [-0.3, -0.25) is 14.5 Å². The summed E-state index contributed by atoms with van der Waals surface area (Å²) in [5.41, 5.74) is 3.58. The lowest BCUT2D eigenvalue weighted by Gasteiger charge is -2.35. The van der Waals surface area contributed by atoms with Crippen LogP contribution in [0.4, 0.5) is 0 Å². The van der Waals surface area contributed by atoms with Crippen molar-refractivity contribution >= 4 is 11.9 Å². The highest BCUT2D eigenvalue weighted by atomic mass is 16.4. The summed E-state index contributed by atoms with van der Waals surface area (Å²) in [5.74, 6) is -2.00. The first-order chi connectivity index (χ1) is 12.9. The van der Waals surface area contributed by atoms with Gasteiger partial charge in [0.25, 0.3) is 0 Å². The maximum atomic E-state index is 12.8. The zero-order chi connectivity index (χ0) is 19.4. The summed E-state index contributed by atoms with van der Waals surface area (Å²) in [7, 11) is 0. The Hall–Kier alpha value is -2.14. The van der Waals surface area contributed by atoms with Crippen molar-refractivity contribution in [2.24, 2.45) is 11.8 Å². The molecule has 1 aromatic rings. The molecule has 0 saturated carbocycles. The Balaban J connectivity index is 1.52. The minimum atomic E-state index is -0.861. The lowest BCUT2D eigenvalue weighted by molar-refractivity contribution is -0.147. The smallest absolute Gasteiger partial charge is 0.307 e. The van der Waals surface area contributed by atoms with Crippen LogP contribution in [-0.4, -0.2) is 41.0 Å². The maximum Gasteiger partial charge on any atom is 0.307 e. The normalized spacial score (nSPS) is 24.7. The first-order valence-electron chi connectivity index (χ1n) is 9.88. The Kier molecular flexibility index (Phi) is 6.32. The molecule has 5 heteroatoms. The van der Waals surface area contributed by atoms with Crippen LogP contribution in [0.15, 0.2) is 41.5 Å². The van der Waals surface area contributed by atoms with E-state index in [1.54, 1.807) is 0 Å². The number of carbonyl (C=O) groups excluding carboxylic acids is 1. The molecular weight excluding hydrogens is 340 g/mol. The van der Waals surface area contributed by atoms with Gasteiger partial charge in [0, 0.05) is 25.7 Å². The highest BCUT2D eigenvalue weighted by Crippen LogP contribution is 2.34. The molecule has 2 aliphatic rings. The van der Waals surface area contributed by atoms with Crippen LogP contribution in [0.3, 0.4) is 0 Å². The third kappa shape index (κ3) is 4.98. The summed E-state index contributed by atoms with van der Waals surface area (Å²) in [6.07, 6.45) is 2.87. The van der Waals surface area contributed by atoms with E-state index in [4.69, 9.17) is 0 Å². The third-order valence-electron chi connectivity index (χ3n) is 6.10. The molecule has 2 atom stereocenters. The summed E-state index contributed by atoms with van der Waals surface area (Å²) in [4.78, 5) is 26.8. The topological polar surface area (TPSA) is 69.6 Å². The molecule has 1 aromatic carbocycles. The zero-order valence-electron chi connectivity index (χ0n) is 16.3. The van der Waals surface area contributed by atoms with Crippen LogP contribution in [0.2, 0.25) is 0 Å². The highest BCUT2D eigenvalue weighted by Gasteiger charge is 2.38. The van der Waals surface area contributed by atoms with E-state index in [0.717, 1.165) is 43.6 Å². The van der Waals surface area contributed by atoms with Crippen LogP contribution in [-0.2, 0) is 16.1 Å². The summed E-state index contributed by atoms with van der Waals surface area (Å²) in [5, 5.41) is 12.7. The maximum absolute atomic E-state index is 12.8. The quantitative estimate of drug-likeness (QED) is 0.781. The molecule has 1 fully saturated rings. The Morgan fingerprint density at radius 3 is 2.22 bits per heavy atom. The van der Waals surface area contributed by atoms with Crippen molar-refractivity contribution in [3.63, 3.8) is 0 Å². The average Bonchev–Trinajstić information content (AvgIpc) is 2.66. The number of hydrogen-bond donors (Lipinski definition) is 2. The van der Waals surface area contributed by atoms with Gasteiger partial charge in [0.05, 0.1) is 11.8 Å². The number of allylic oxidation sites excluding steroid dienone is 2. The molecule has 5 nitrogen and oxygen atoms in total. The van der Waals surface area contributed by atoms with Crippen molar-refractivity contribution < 1.29 is 14.7 Å². The Morgan fingerprint density at radius 2 is 1.63 bits per heavy atom. The van der Waals surface area contributed by atoms with Crippen molar-refractivity contribution in [1.29, 1.82) is 0 Å². The molecule has 1 saturated heterocycles. The second-order valence-electron chi connectivity index (χ2n) is 8.06. The highest BCUT2D eigenvalue weighted by molar-refractivity contribution is 5.85. The van der Waals surface area contributed by atoms with Crippen LogP contribution < -0.4 is 5.32 Å². The Bertz CT molecular complexity index is 706. The molecule has 0 spiro atoms. The fourth-order valence-corrected chi connectivity index (χ4v) is 4.21. The van der Waals surface area contributed by atoms with E-state index in [2.05, 4.69) is 34.5 Å². The zero-order valence-corrected chi connectivity index (χ0v) is 16.3. The van der Waals surface area contributed by atoms with Crippen molar-refractivity contribution in [1.82, 2.24) is 10.2 Å². The number of rotatable bonds is 5. The molecule has 27 heavy (non-hydrogen) atoms. The van der Waals surface area contributed by atoms with Crippen LogP contribution in [0, 0.1) is 11.8 Å². The van der Waals surface area contributed by atoms with E-state index in [1.807, 2.05) is 19.9 Å². The first-order valence-corrected chi connectivity index (χ1v) is 9.88. The predicted molar refractivity (Wildman–Crippen MR) is 105 cm³/mol. The number of carboxylic acid groups (broad SMARTS) is 1. The van der Waals surface area contributed by atoms with Crippen molar-refractivity contribution in [3.8, 4) is 0 Å². The predicted octanol–water partition coefficient (Wildman–Crippen LogP) is 3.21. The second kappa shape index (κ2) is 8.70. The van der Waals surface area contributed by atoms with E-state index in [9.17, 15) is 14.7 Å². The van der Waals surface area contributed by atoms with Gasteiger partial charge in [-0.25, -0.2) is 0 Å². The fraction of sp³-hybridized carbons (Fsp3) is 0.545. The van der Waals surface area contributed by atoms with Gasteiger partial charge in [-0.05, 0) is 45.1 Å². The van der Waals surface area contributed by atoms with Gasteiger partial charge in [0.2, 0.25) is 5.91 Å². The number of benzene rings is 1. The molecule has 2 N–H and O–H groups in total. The van der Waals surface area contributed by atoms with E-state index in [0.29, 0.717) is 12.8 Å².